The van der Waals surface area contributed by atoms with E-state index in [2.05, 4.69) is 24.1 Å². The Kier molecular flexibility index (Phi) is 4.89. The maximum Gasteiger partial charge on any atom is 0.346 e. The summed E-state index contributed by atoms with van der Waals surface area (Å²) in [6.07, 6.45) is 1.23. The summed E-state index contributed by atoms with van der Waals surface area (Å²) in [5, 5.41) is 4.16. The summed E-state index contributed by atoms with van der Waals surface area (Å²) in [5.74, 6) is 1.70. The van der Waals surface area contributed by atoms with E-state index in [1.165, 1.54) is 11.3 Å². The third-order valence-electron chi connectivity index (χ3n) is 5.52. The second kappa shape index (κ2) is 7.36. The molecule has 1 aliphatic rings. The van der Waals surface area contributed by atoms with E-state index in [0.29, 0.717) is 40.7 Å². The van der Waals surface area contributed by atoms with Gasteiger partial charge >= 0.3 is 5.63 Å². The summed E-state index contributed by atoms with van der Waals surface area (Å²) in [5.41, 5.74) is 1.40. The Hall–Kier alpha value is -2.73. The van der Waals surface area contributed by atoms with Crippen molar-refractivity contribution in [2.75, 3.05) is 25.0 Å². The van der Waals surface area contributed by atoms with Gasteiger partial charge in [-0.1, -0.05) is 26.0 Å². The highest BCUT2D eigenvalue weighted by atomic mass is 16.4. The molecule has 0 bridgehead atoms. The molecule has 0 unspecified atom stereocenters. The Morgan fingerprint density at radius 3 is 2.71 bits per heavy atom. The lowest BCUT2D eigenvalue weighted by Gasteiger charge is -2.31. The van der Waals surface area contributed by atoms with E-state index in [1.807, 2.05) is 25.1 Å². The van der Waals surface area contributed by atoms with Crippen LogP contribution in [0.4, 0.5) is 5.82 Å². The van der Waals surface area contributed by atoms with Crippen LogP contribution in [0.2, 0.25) is 0 Å². The van der Waals surface area contributed by atoms with Crippen LogP contribution in [0.25, 0.3) is 21.9 Å². The number of benzene rings is 1. The predicted molar refractivity (Wildman–Crippen MR) is 110 cm³/mol. The number of quaternary nitrogens is 1. The van der Waals surface area contributed by atoms with E-state index < -0.39 is 5.63 Å². The predicted octanol–water partition coefficient (Wildman–Crippen LogP) is 2.15. The molecule has 2 N–H and O–H groups in total. The molecule has 4 rings (SSSR count). The zero-order chi connectivity index (χ0) is 19.8. The first kappa shape index (κ1) is 18.6. The van der Waals surface area contributed by atoms with Crippen molar-refractivity contribution >= 4 is 33.6 Å². The molecule has 1 saturated heterocycles. The van der Waals surface area contributed by atoms with Gasteiger partial charge in [0.05, 0.1) is 24.0 Å². The minimum absolute atomic E-state index is 0.0465. The second-order valence-corrected chi connectivity index (χ2v) is 8.26. The smallest absolute Gasteiger partial charge is 0.346 e. The SMILES string of the molecule is Cc1cc(NC(=O)C[NH+]2C[C@@H](C)C[C@H](C)C2)nc2c1c(=O)oc1ccccc12. The number of rotatable bonds is 3. The Morgan fingerprint density at radius 1 is 1.25 bits per heavy atom. The van der Waals surface area contributed by atoms with Crippen molar-refractivity contribution < 1.29 is 14.1 Å². The standard InChI is InChI=1S/C22H25N3O3/c1-13-8-14(2)11-25(10-13)12-19(26)23-18-9-15(3)20-21(24-18)16-6-4-5-7-17(16)28-22(20)27/h4-7,9,13-14H,8,10-12H2,1-3H3,(H,23,24,26)/p+1/t13-,14-/m0/s1. The molecular weight excluding hydrogens is 354 g/mol. The lowest BCUT2D eigenvalue weighted by Crippen LogP contribution is -3.15. The van der Waals surface area contributed by atoms with E-state index in [4.69, 9.17) is 4.42 Å². The number of aryl methyl sites for hydroxylation is 1. The Morgan fingerprint density at radius 2 is 1.96 bits per heavy atom. The van der Waals surface area contributed by atoms with Gasteiger partial charge < -0.3 is 14.6 Å². The number of hydrogen-bond donors (Lipinski definition) is 2. The number of nitrogens with one attached hydrogen (secondary N) is 2. The van der Waals surface area contributed by atoms with Gasteiger partial charge in [0.15, 0.2) is 6.54 Å². The minimum Gasteiger partial charge on any atom is -0.422 e. The molecule has 28 heavy (non-hydrogen) atoms. The molecule has 1 aliphatic heterocycles. The molecule has 0 aliphatic carbocycles. The molecule has 3 heterocycles. The number of carbonyl (C=O) groups excluding carboxylic acids is 1. The first-order valence-corrected chi connectivity index (χ1v) is 9.87. The van der Waals surface area contributed by atoms with Crippen LogP contribution in [0, 0.1) is 18.8 Å². The van der Waals surface area contributed by atoms with Crippen LogP contribution >= 0.6 is 0 Å². The average Bonchev–Trinajstić information content (AvgIpc) is 2.60. The molecule has 3 aromatic rings. The van der Waals surface area contributed by atoms with E-state index in [1.54, 1.807) is 12.1 Å². The van der Waals surface area contributed by atoms with Crippen molar-refractivity contribution in [1.29, 1.82) is 0 Å². The quantitative estimate of drug-likeness (QED) is 0.539. The number of nitrogens with zero attached hydrogens (tertiary/aromatic N) is 1. The third-order valence-corrected chi connectivity index (χ3v) is 5.52. The van der Waals surface area contributed by atoms with Gasteiger partial charge in [-0.15, -0.1) is 0 Å². The number of anilines is 1. The van der Waals surface area contributed by atoms with Crippen molar-refractivity contribution in [2.45, 2.75) is 27.2 Å². The van der Waals surface area contributed by atoms with Gasteiger partial charge in [0.25, 0.3) is 5.91 Å². The van der Waals surface area contributed by atoms with Gasteiger partial charge in [0, 0.05) is 17.2 Å². The van der Waals surface area contributed by atoms with Gasteiger partial charge in [-0.3, -0.25) is 4.79 Å². The topological polar surface area (TPSA) is 76.6 Å². The maximum atomic E-state index is 12.6. The fraction of sp³-hybridized carbons (Fsp3) is 0.409. The van der Waals surface area contributed by atoms with Crippen LogP contribution in [0.3, 0.4) is 0 Å². The number of hydrogen-bond acceptors (Lipinski definition) is 4. The fourth-order valence-corrected chi connectivity index (χ4v) is 4.57. The fourth-order valence-electron chi connectivity index (χ4n) is 4.57. The van der Waals surface area contributed by atoms with E-state index >= 15 is 0 Å². The van der Waals surface area contributed by atoms with Crippen molar-refractivity contribution in [3.63, 3.8) is 0 Å². The van der Waals surface area contributed by atoms with Gasteiger partial charge in [-0.2, -0.15) is 0 Å². The number of fused-ring (bicyclic) bond motifs is 3. The summed E-state index contributed by atoms with van der Waals surface area (Å²) in [4.78, 5) is 30.9. The molecule has 1 amide bonds. The molecule has 2 aromatic heterocycles. The molecule has 0 saturated carbocycles. The van der Waals surface area contributed by atoms with Gasteiger partial charge in [0.2, 0.25) is 0 Å². The molecule has 6 heteroatoms. The summed E-state index contributed by atoms with van der Waals surface area (Å²) in [6.45, 7) is 8.81. The maximum absolute atomic E-state index is 12.6. The number of carbonyl (C=O) groups is 1. The number of piperidine rings is 1. The number of pyridine rings is 1. The number of amides is 1. The normalized spacial score (nSPS) is 22.5. The van der Waals surface area contributed by atoms with E-state index in [0.717, 1.165) is 24.0 Å². The highest BCUT2D eigenvalue weighted by Crippen LogP contribution is 2.25. The van der Waals surface area contributed by atoms with Crippen molar-refractivity contribution in [3.05, 3.63) is 46.3 Å². The molecule has 1 fully saturated rings. The second-order valence-electron chi connectivity index (χ2n) is 8.26. The molecule has 6 nitrogen and oxygen atoms in total. The van der Waals surface area contributed by atoms with Crippen LogP contribution in [0.15, 0.2) is 39.5 Å². The lowest BCUT2D eigenvalue weighted by atomic mass is 9.92. The lowest BCUT2D eigenvalue weighted by molar-refractivity contribution is -0.904. The molecule has 2 atom stereocenters. The first-order chi connectivity index (χ1) is 13.4. The number of aromatic nitrogens is 1. The van der Waals surface area contributed by atoms with Crippen molar-refractivity contribution in [3.8, 4) is 0 Å². The largest absolute Gasteiger partial charge is 0.422 e. The average molecular weight is 380 g/mol. The van der Waals surface area contributed by atoms with Gasteiger partial charge in [-0.25, -0.2) is 9.78 Å². The Labute approximate surface area is 163 Å². The zero-order valence-corrected chi connectivity index (χ0v) is 16.5. The highest BCUT2D eigenvalue weighted by Gasteiger charge is 2.27. The Balaban J connectivity index is 1.63. The van der Waals surface area contributed by atoms with E-state index in [-0.39, 0.29) is 5.91 Å². The molecule has 146 valence electrons. The zero-order valence-electron chi connectivity index (χ0n) is 16.5. The van der Waals surface area contributed by atoms with Crippen LogP contribution in [0.5, 0.6) is 0 Å². The van der Waals surface area contributed by atoms with Gasteiger partial charge in [-0.05, 0) is 37.1 Å². The van der Waals surface area contributed by atoms with Crippen molar-refractivity contribution in [1.82, 2.24) is 4.98 Å². The number of likely N-dealkylation sites (tertiary alicyclic amines) is 1. The number of para-hydroxylation sites is 1. The van der Waals surface area contributed by atoms with E-state index in [9.17, 15) is 9.59 Å². The third kappa shape index (κ3) is 3.64. The minimum atomic E-state index is -0.405. The summed E-state index contributed by atoms with van der Waals surface area (Å²) >= 11 is 0. The Bertz CT molecular complexity index is 1100. The van der Waals surface area contributed by atoms with Crippen LogP contribution in [-0.4, -0.2) is 30.5 Å². The monoisotopic (exact) mass is 380 g/mol. The molecular formula is C22H26N3O3+. The molecule has 0 radical (unpaired) electrons. The summed E-state index contributed by atoms with van der Waals surface area (Å²) < 4.78 is 5.41. The van der Waals surface area contributed by atoms with Crippen LogP contribution in [0.1, 0.15) is 25.8 Å². The van der Waals surface area contributed by atoms with Crippen LogP contribution < -0.4 is 15.8 Å². The molecule has 0 spiro atoms. The van der Waals surface area contributed by atoms with Gasteiger partial charge in [0.1, 0.15) is 11.4 Å². The first-order valence-electron chi connectivity index (χ1n) is 9.87. The van der Waals surface area contributed by atoms with Crippen LogP contribution in [-0.2, 0) is 4.79 Å². The molecule has 1 aromatic carbocycles. The van der Waals surface area contributed by atoms with Crippen molar-refractivity contribution in [2.24, 2.45) is 11.8 Å². The summed E-state index contributed by atoms with van der Waals surface area (Å²) in [6, 6.07) is 9.06. The highest BCUT2D eigenvalue weighted by molar-refractivity contribution is 6.04. The summed E-state index contributed by atoms with van der Waals surface area (Å²) in [7, 11) is 0.